The lowest BCUT2D eigenvalue weighted by Crippen LogP contribution is -2.34. The Morgan fingerprint density at radius 2 is 2.00 bits per heavy atom. The molecule has 98 valence electrons. The second-order valence-electron chi connectivity index (χ2n) is 6.06. The number of hydrogen-bond donors (Lipinski definition) is 1. The first-order valence-electron chi connectivity index (χ1n) is 6.44. The summed E-state index contributed by atoms with van der Waals surface area (Å²) in [6.45, 7) is 5.62. The molecule has 0 aliphatic heterocycles. The Labute approximate surface area is 108 Å². The van der Waals surface area contributed by atoms with E-state index in [1.165, 1.54) is 5.56 Å². The average Bonchev–Trinajstić information content (AvgIpc) is 2.23. The van der Waals surface area contributed by atoms with Crippen molar-refractivity contribution in [1.29, 1.82) is 0 Å². The number of benzene rings is 1. The minimum atomic E-state index is -0.452. The van der Waals surface area contributed by atoms with E-state index in [9.17, 15) is 4.79 Å². The molecule has 0 atom stereocenters. The molecule has 3 heteroatoms. The van der Waals surface area contributed by atoms with Crippen molar-refractivity contribution in [3.05, 3.63) is 35.4 Å². The SMILES string of the molecule is CC(C)(C)OC(=O)c1cccc(C2CC(N)C2)c1. The Bertz CT molecular complexity index is 442. The van der Waals surface area contributed by atoms with E-state index in [0.717, 1.165) is 12.8 Å². The van der Waals surface area contributed by atoms with Crippen LogP contribution in [0.3, 0.4) is 0 Å². The minimum Gasteiger partial charge on any atom is -0.456 e. The topological polar surface area (TPSA) is 52.3 Å². The molecule has 3 nitrogen and oxygen atoms in total. The maximum atomic E-state index is 12.0. The maximum absolute atomic E-state index is 12.0. The van der Waals surface area contributed by atoms with Crippen molar-refractivity contribution < 1.29 is 9.53 Å². The quantitative estimate of drug-likeness (QED) is 0.818. The molecule has 18 heavy (non-hydrogen) atoms. The van der Waals surface area contributed by atoms with Gasteiger partial charge in [-0.05, 0) is 57.2 Å². The zero-order chi connectivity index (χ0) is 13.3. The highest BCUT2D eigenvalue weighted by Crippen LogP contribution is 2.35. The molecular formula is C15H21NO2. The van der Waals surface area contributed by atoms with Gasteiger partial charge in [-0.15, -0.1) is 0 Å². The molecule has 0 spiro atoms. The summed E-state index contributed by atoms with van der Waals surface area (Å²) in [6.07, 6.45) is 2.02. The van der Waals surface area contributed by atoms with Crippen molar-refractivity contribution in [2.45, 2.75) is 51.2 Å². The maximum Gasteiger partial charge on any atom is 0.338 e. The van der Waals surface area contributed by atoms with Crippen LogP contribution in [-0.2, 0) is 4.74 Å². The van der Waals surface area contributed by atoms with E-state index in [1.54, 1.807) is 6.07 Å². The molecule has 1 aromatic rings. The molecular weight excluding hydrogens is 226 g/mol. The van der Waals surface area contributed by atoms with Crippen LogP contribution in [0.5, 0.6) is 0 Å². The van der Waals surface area contributed by atoms with Gasteiger partial charge in [-0.3, -0.25) is 0 Å². The summed E-state index contributed by atoms with van der Waals surface area (Å²) in [7, 11) is 0. The third-order valence-electron chi connectivity index (χ3n) is 3.17. The summed E-state index contributed by atoms with van der Waals surface area (Å²) in [4.78, 5) is 12.0. The molecule has 0 amide bonds. The van der Waals surface area contributed by atoms with Crippen LogP contribution < -0.4 is 5.73 Å². The van der Waals surface area contributed by atoms with Gasteiger partial charge in [-0.1, -0.05) is 12.1 Å². The van der Waals surface area contributed by atoms with Gasteiger partial charge in [0, 0.05) is 6.04 Å². The fourth-order valence-electron chi connectivity index (χ4n) is 2.19. The summed E-state index contributed by atoms with van der Waals surface area (Å²) in [6, 6.07) is 8.03. The van der Waals surface area contributed by atoms with Gasteiger partial charge in [0.2, 0.25) is 0 Å². The van der Waals surface area contributed by atoms with Crippen LogP contribution in [0.2, 0.25) is 0 Å². The Balaban J connectivity index is 2.10. The van der Waals surface area contributed by atoms with Gasteiger partial charge in [0.05, 0.1) is 5.56 Å². The van der Waals surface area contributed by atoms with Crippen LogP contribution in [0, 0.1) is 0 Å². The molecule has 1 aromatic carbocycles. The van der Waals surface area contributed by atoms with Crippen LogP contribution in [0.15, 0.2) is 24.3 Å². The standard InChI is InChI=1S/C15H21NO2/c1-15(2,3)18-14(17)11-6-4-5-10(7-11)12-8-13(16)9-12/h4-7,12-13H,8-9,16H2,1-3H3. The molecule has 2 N–H and O–H groups in total. The molecule has 0 bridgehead atoms. The fraction of sp³-hybridized carbons (Fsp3) is 0.533. The van der Waals surface area contributed by atoms with Crippen LogP contribution >= 0.6 is 0 Å². The predicted octanol–water partition coefficient (Wildman–Crippen LogP) is 2.85. The molecule has 0 heterocycles. The molecule has 0 saturated heterocycles. The minimum absolute atomic E-state index is 0.257. The summed E-state index contributed by atoms with van der Waals surface area (Å²) < 4.78 is 5.37. The molecule has 0 aromatic heterocycles. The number of carbonyl (C=O) groups excluding carboxylic acids is 1. The van der Waals surface area contributed by atoms with E-state index in [2.05, 4.69) is 6.07 Å². The fourth-order valence-corrected chi connectivity index (χ4v) is 2.19. The summed E-state index contributed by atoms with van der Waals surface area (Å²) >= 11 is 0. The normalized spacial score (nSPS) is 23.3. The van der Waals surface area contributed by atoms with Gasteiger partial charge in [0.1, 0.15) is 5.60 Å². The van der Waals surface area contributed by atoms with Gasteiger partial charge in [0.15, 0.2) is 0 Å². The molecule has 2 rings (SSSR count). The largest absolute Gasteiger partial charge is 0.456 e. The van der Waals surface area contributed by atoms with Crippen LogP contribution in [0.25, 0.3) is 0 Å². The summed E-state index contributed by atoms with van der Waals surface area (Å²) in [5, 5.41) is 0. The number of rotatable bonds is 2. The van der Waals surface area contributed by atoms with Crippen LogP contribution in [-0.4, -0.2) is 17.6 Å². The monoisotopic (exact) mass is 247 g/mol. The predicted molar refractivity (Wildman–Crippen MR) is 71.6 cm³/mol. The second kappa shape index (κ2) is 4.73. The highest BCUT2D eigenvalue weighted by atomic mass is 16.6. The Hall–Kier alpha value is -1.35. The van der Waals surface area contributed by atoms with E-state index >= 15 is 0 Å². The van der Waals surface area contributed by atoms with E-state index in [1.807, 2.05) is 32.9 Å². The smallest absolute Gasteiger partial charge is 0.338 e. The highest BCUT2D eigenvalue weighted by Gasteiger charge is 2.28. The van der Waals surface area contributed by atoms with E-state index in [-0.39, 0.29) is 5.97 Å². The van der Waals surface area contributed by atoms with Gasteiger partial charge in [-0.25, -0.2) is 4.79 Å². The summed E-state index contributed by atoms with van der Waals surface area (Å²) in [5.41, 5.74) is 7.17. The van der Waals surface area contributed by atoms with E-state index < -0.39 is 5.60 Å². The molecule has 1 aliphatic carbocycles. The number of ether oxygens (including phenoxy) is 1. The second-order valence-corrected chi connectivity index (χ2v) is 6.06. The first-order valence-corrected chi connectivity index (χ1v) is 6.44. The third kappa shape index (κ3) is 3.10. The van der Waals surface area contributed by atoms with Crippen molar-refractivity contribution in [2.75, 3.05) is 0 Å². The molecule has 1 saturated carbocycles. The lowest BCUT2D eigenvalue weighted by atomic mass is 9.76. The highest BCUT2D eigenvalue weighted by molar-refractivity contribution is 5.89. The van der Waals surface area contributed by atoms with E-state index in [0.29, 0.717) is 17.5 Å². The van der Waals surface area contributed by atoms with Gasteiger partial charge in [0.25, 0.3) is 0 Å². The van der Waals surface area contributed by atoms with Crippen molar-refractivity contribution in [2.24, 2.45) is 5.73 Å². The van der Waals surface area contributed by atoms with E-state index in [4.69, 9.17) is 10.5 Å². The van der Waals surface area contributed by atoms with Crippen molar-refractivity contribution >= 4 is 5.97 Å². The Morgan fingerprint density at radius 1 is 1.33 bits per heavy atom. The molecule has 1 fully saturated rings. The number of hydrogen-bond acceptors (Lipinski definition) is 3. The first-order chi connectivity index (χ1) is 8.35. The number of carbonyl (C=O) groups is 1. The number of esters is 1. The lowest BCUT2D eigenvalue weighted by Gasteiger charge is -2.33. The zero-order valence-corrected chi connectivity index (χ0v) is 11.3. The average molecular weight is 247 g/mol. The molecule has 1 aliphatic rings. The van der Waals surface area contributed by atoms with Gasteiger partial charge >= 0.3 is 5.97 Å². The molecule has 0 unspecified atom stereocenters. The number of nitrogens with two attached hydrogens (primary N) is 1. The Morgan fingerprint density at radius 3 is 2.56 bits per heavy atom. The Kier molecular flexibility index (Phi) is 3.44. The van der Waals surface area contributed by atoms with Crippen molar-refractivity contribution in [3.63, 3.8) is 0 Å². The van der Waals surface area contributed by atoms with Gasteiger partial charge < -0.3 is 10.5 Å². The van der Waals surface area contributed by atoms with Crippen LogP contribution in [0.4, 0.5) is 0 Å². The molecule has 0 radical (unpaired) electrons. The van der Waals surface area contributed by atoms with Gasteiger partial charge in [-0.2, -0.15) is 0 Å². The third-order valence-corrected chi connectivity index (χ3v) is 3.17. The van der Waals surface area contributed by atoms with Crippen molar-refractivity contribution in [3.8, 4) is 0 Å². The first kappa shape index (κ1) is 13.1. The summed E-state index contributed by atoms with van der Waals surface area (Å²) in [5.74, 6) is 0.246. The van der Waals surface area contributed by atoms with Crippen LogP contribution in [0.1, 0.15) is 55.5 Å². The lowest BCUT2D eigenvalue weighted by molar-refractivity contribution is 0.00694. The zero-order valence-electron chi connectivity index (χ0n) is 11.3. The van der Waals surface area contributed by atoms with Crippen molar-refractivity contribution in [1.82, 2.24) is 0 Å².